The summed E-state index contributed by atoms with van der Waals surface area (Å²) in [4.78, 5) is 0. The Morgan fingerprint density at radius 2 is 2.11 bits per heavy atom. The van der Waals surface area contributed by atoms with Gasteiger partial charge in [0, 0.05) is 7.05 Å². The lowest BCUT2D eigenvalue weighted by Crippen LogP contribution is -2.25. The van der Waals surface area contributed by atoms with E-state index in [1.165, 1.54) is 11.1 Å². The second kappa shape index (κ2) is 5.55. The molecule has 3 nitrogen and oxygen atoms in total. The summed E-state index contributed by atoms with van der Waals surface area (Å²) in [6, 6.07) is 8.43. The molecule has 0 fully saturated rings. The lowest BCUT2D eigenvalue weighted by atomic mass is 9.98. The molecule has 0 saturated carbocycles. The van der Waals surface area contributed by atoms with Gasteiger partial charge in [-0.15, -0.1) is 0 Å². The van der Waals surface area contributed by atoms with Crippen molar-refractivity contribution in [2.24, 2.45) is 7.05 Å². The summed E-state index contributed by atoms with van der Waals surface area (Å²) in [5.41, 5.74) is 3.50. The SMILES string of the molecule is CCNC(c1ccccc1C)c1c(Cl)cnn1C. The summed E-state index contributed by atoms with van der Waals surface area (Å²) in [5, 5.41) is 8.40. The summed E-state index contributed by atoms with van der Waals surface area (Å²) in [5.74, 6) is 0. The van der Waals surface area contributed by atoms with Crippen LogP contribution in [-0.4, -0.2) is 16.3 Å². The van der Waals surface area contributed by atoms with Gasteiger partial charge in [0.05, 0.1) is 23.0 Å². The average molecular weight is 264 g/mol. The van der Waals surface area contributed by atoms with E-state index in [0.717, 1.165) is 12.2 Å². The quantitative estimate of drug-likeness (QED) is 0.919. The predicted molar refractivity (Wildman–Crippen MR) is 74.9 cm³/mol. The zero-order chi connectivity index (χ0) is 13.1. The fraction of sp³-hybridized carbons (Fsp3) is 0.357. The van der Waals surface area contributed by atoms with E-state index >= 15 is 0 Å². The van der Waals surface area contributed by atoms with Gasteiger partial charge in [-0.3, -0.25) is 4.68 Å². The largest absolute Gasteiger partial charge is 0.305 e. The molecule has 0 bridgehead atoms. The Morgan fingerprint density at radius 3 is 2.67 bits per heavy atom. The van der Waals surface area contributed by atoms with Crippen LogP contribution in [0.4, 0.5) is 0 Å². The Kier molecular flexibility index (Phi) is 4.04. The van der Waals surface area contributed by atoms with Crippen LogP contribution in [0.1, 0.15) is 29.8 Å². The fourth-order valence-corrected chi connectivity index (χ4v) is 2.49. The zero-order valence-electron chi connectivity index (χ0n) is 10.9. The number of nitrogens with zero attached hydrogens (tertiary/aromatic N) is 2. The van der Waals surface area contributed by atoms with Crippen LogP contribution in [0.15, 0.2) is 30.5 Å². The lowest BCUT2D eigenvalue weighted by Gasteiger charge is -2.21. The molecule has 1 heterocycles. The third-order valence-corrected chi connectivity index (χ3v) is 3.41. The molecule has 0 spiro atoms. The van der Waals surface area contributed by atoms with Crippen molar-refractivity contribution in [1.29, 1.82) is 0 Å². The normalized spacial score (nSPS) is 12.7. The van der Waals surface area contributed by atoms with Crippen molar-refractivity contribution in [2.75, 3.05) is 6.54 Å². The highest BCUT2D eigenvalue weighted by molar-refractivity contribution is 6.31. The van der Waals surface area contributed by atoms with Gasteiger partial charge in [-0.1, -0.05) is 42.8 Å². The second-order valence-electron chi connectivity index (χ2n) is 4.35. The molecular formula is C14H18ClN3. The van der Waals surface area contributed by atoms with E-state index in [1.807, 2.05) is 17.8 Å². The molecule has 0 amide bonds. The van der Waals surface area contributed by atoms with Crippen LogP contribution in [0, 0.1) is 6.92 Å². The minimum Gasteiger partial charge on any atom is -0.305 e. The molecule has 2 rings (SSSR count). The van der Waals surface area contributed by atoms with Crippen LogP contribution in [0.3, 0.4) is 0 Å². The van der Waals surface area contributed by atoms with Crippen molar-refractivity contribution < 1.29 is 0 Å². The summed E-state index contributed by atoms with van der Waals surface area (Å²) < 4.78 is 1.84. The van der Waals surface area contributed by atoms with Gasteiger partial charge in [0.25, 0.3) is 0 Å². The molecule has 0 aliphatic heterocycles. The summed E-state index contributed by atoms with van der Waals surface area (Å²) >= 11 is 6.25. The predicted octanol–water partition coefficient (Wildman–Crippen LogP) is 3.08. The molecule has 2 aromatic rings. The van der Waals surface area contributed by atoms with Crippen LogP contribution in [0.5, 0.6) is 0 Å². The Labute approximate surface area is 113 Å². The first-order chi connectivity index (χ1) is 8.65. The molecule has 0 aliphatic carbocycles. The van der Waals surface area contributed by atoms with Gasteiger partial charge in [0.15, 0.2) is 0 Å². The Balaban J connectivity index is 2.50. The van der Waals surface area contributed by atoms with E-state index in [4.69, 9.17) is 11.6 Å². The number of hydrogen-bond acceptors (Lipinski definition) is 2. The van der Waals surface area contributed by atoms with Crippen LogP contribution >= 0.6 is 11.6 Å². The van der Waals surface area contributed by atoms with Gasteiger partial charge < -0.3 is 5.32 Å². The Morgan fingerprint density at radius 1 is 1.39 bits per heavy atom. The van der Waals surface area contributed by atoms with E-state index < -0.39 is 0 Å². The van der Waals surface area contributed by atoms with Crippen molar-refractivity contribution in [3.05, 3.63) is 52.3 Å². The van der Waals surface area contributed by atoms with E-state index in [0.29, 0.717) is 5.02 Å². The van der Waals surface area contributed by atoms with Crippen molar-refractivity contribution in [3.8, 4) is 0 Å². The standard InChI is InChI=1S/C14H18ClN3/c1-4-16-13(11-8-6-5-7-10(11)2)14-12(15)9-17-18(14)3/h5-9,13,16H,4H2,1-3H3. The summed E-state index contributed by atoms with van der Waals surface area (Å²) in [6.45, 7) is 5.08. The fourth-order valence-electron chi connectivity index (χ4n) is 2.21. The molecule has 4 heteroatoms. The van der Waals surface area contributed by atoms with Crippen LogP contribution < -0.4 is 5.32 Å². The summed E-state index contributed by atoms with van der Waals surface area (Å²) in [6.07, 6.45) is 1.69. The lowest BCUT2D eigenvalue weighted by molar-refractivity contribution is 0.571. The molecule has 96 valence electrons. The second-order valence-corrected chi connectivity index (χ2v) is 4.76. The maximum atomic E-state index is 6.25. The van der Waals surface area contributed by atoms with E-state index in [9.17, 15) is 0 Å². The van der Waals surface area contributed by atoms with Crippen LogP contribution in [0.2, 0.25) is 5.02 Å². The molecule has 18 heavy (non-hydrogen) atoms. The number of hydrogen-bond donors (Lipinski definition) is 1. The van der Waals surface area contributed by atoms with Crippen molar-refractivity contribution in [2.45, 2.75) is 19.9 Å². The smallest absolute Gasteiger partial charge is 0.0837 e. The number of nitrogens with one attached hydrogen (secondary N) is 1. The van der Waals surface area contributed by atoms with Gasteiger partial charge in [-0.25, -0.2) is 0 Å². The zero-order valence-corrected chi connectivity index (χ0v) is 11.7. The third-order valence-electron chi connectivity index (χ3n) is 3.12. The number of benzene rings is 1. The van der Waals surface area contributed by atoms with Crippen molar-refractivity contribution in [3.63, 3.8) is 0 Å². The molecule has 1 N–H and O–H groups in total. The van der Waals surface area contributed by atoms with Crippen LogP contribution in [-0.2, 0) is 7.05 Å². The van der Waals surface area contributed by atoms with Gasteiger partial charge in [-0.2, -0.15) is 5.10 Å². The minimum absolute atomic E-state index is 0.0798. The highest BCUT2D eigenvalue weighted by Gasteiger charge is 2.21. The summed E-state index contributed by atoms with van der Waals surface area (Å²) in [7, 11) is 1.92. The monoisotopic (exact) mass is 263 g/mol. The van der Waals surface area contributed by atoms with Crippen molar-refractivity contribution >= 4 is 11.6 Å². The topological polar surface area (TPSA) is 29.9 Å². The van der Waals surface area contributed by atoms with E-state index in [-0.39, 0.29) is 6.04 Å². The average Bonchev–Trinajstić information content (AvgIpc) is 2.68. The number of halogens is 1. The van der Waals surface area contributed by atoms with Crippen LogP contribution in [0.25, 0.3) is 0 Å². The van der Waals surface area contributed by atoms with Gasteiger partial charge >= 0.3 is 0 Å². The maximum Gasteiger partial charge on any atom is 0.0837 e. The first-order valence-electron chi connectivity index (χ1n) is 6.11. The molecule has 0 saturated heterocycles. The maximum absolute atomic E-state index is 6.25. The first kappa shape index (κ1) is 13.1. The minimum atomic E-state index is 0.0798. The van der Waals surface area contributed by atoms with Crippen molar-refractivity contribution in [1.82, 2.24) is 15.1 Å². The molecular weight excluding hydrogens is 246 g/mol. The molecule has 0 radical (unpaired) electrons. The van der Waals surface area contributed by atoms with Gasteiger partial charge in [0.1, 0.15) is 0 Å². The highest BCUT2D eigenvalue weighted by atomic mass is 35.5. The third kappa shape index (κ3) is 2.42. The first-order valence-corrected chi connectivity index (χ1v) is 6.49. The number of aryl methyl sites for hydroxylation is 2. The molecule has 1 aromatic heterocycles. The van der Waals surface area contributed by atoms with Gasteiger partial charge in [-0.05, 0) is 24.6 Å². The molecule has 1 aromatic carbocycles. The highest BCUT2D eigenvalue weighted by Crippen LogP contribution is 2.29. The number of aromatic nitrogens is 2. The molecule has 0 aliphatic rings. The van der Waals surface area contributed by atoms with E-state index in [1.54, 1.807) is 6.20 Å². The van der Waals surface area contributed by atoms with E-state index in [2.05, 4.69) is 42.5 Å². The molecule has 1 atom stereocenters. The number of rotatable bonds is 4. The Hall–Kier alpha value is -1.32. The Bertz CT molecular complexity index is 514. The van der Waals surface area contributed by atoms with Gasteiger partial charge in [0.2, 0.25) is 0 Å². The molecule has 1 unspecified atom stereocenters.